The molecular weight excluding hydrogens is 322 g/mol. The molecule has 0 spiro atoms. The molecule has 0 radical (unpaired) electrons. The molecule has 1 N–H and O–H groups in total. The number of rotatable bonds is 10. The van der Waals surface area contributed by atoms with Crippen molar-refractivity contribution in [2.75, 3.05) is 31.6 Å². The fourth-order valence-corrected chi connectivity index (χ4v) is 2.98. The number of hydrogen-bond donors (Lipinski definition) is 1. The van der Waals surface area contributed by atoms with E-state index in [1.54, 1.807) is 7.11 Å². The summed E-state index contributed by atoms with van der Waals surface area (Å²) in [6.07, 6.45) is 1.56. The summed E-state index contributed by atoms with van der Waals surface area (Å²) in [7, 11) is 1.69. The highest BCUT2D eigenvalue weighted by Gasteiger charge is 2.06. The van der Waals surface area contributed by atoms with Gasteiger partial charge in [0.05, 0.1) is 19.6 Å². The Balaban J connectivity index is 1.84. The van der Waals surface area contributed by atoms with E-state index in [9.17, 15) is 0 Å². The maximum Gasteiger partial charge on any atom is 0.118 e. The number of benzene rings is 2. The van der Waals surface area contributed by atoms with Crippen molar-refractivity contribution in [3.63, 3.8) is 0 Å². The van der Waals surface area contributed by atoms with Gasteiger partial charge in [-0.05, 0) is 67.8 Å². The highest BCUT2D eigenvalue weighted by Crippen LogP contribution is 2.19. The second-order valence-corrected chi connectivity index (χ2v) is 6.37. The molecule has 0 saturated heterocycles. The lowest BCUT2D eigenvalue weighted by Gasteiger charge is -2.23. The second kappa shape index (κ2) is 10.5. The first-order valence-corrected chi connectivity index (χ1v) is 9.23. The van der Waals surface area contributed by atoms with Crippen molar-refractivity contribution in [1.82, 2.24) is 5.32 Å². The van der Waals surface area contributed by atoms with Crippen molar-refractivity contribution in [2.45, 2.75) is 33.2 Å². The van der Waals surface area contributed by atoms with Crippen molar-refractivity contribution in [2.24, 2.45) is 0 Å². The van der Waals surface area contributed by atoms with Gasteiger partial charge in [-0.2, -0.15) is 5.26 Å². The molecule has 0 aliphatic rings. The second-order valence-electron chi connectivity index (χ2n) is 6.37. The average Bonchev–Trinajstić information content (AvgIpc) is 2.67. The van der Waals surface area contributed by atoms with Gasteiger partial charge in [0.15, 0.2) is 0 Å². The summed E-state index contributed by atoms with van der Waals surface area (Å²) < 4.78 is 5.19. The van der Waals surface area contributed by atoms with E-state index in [4.69, 9.17) is 10.00 Å². The van der Waals surface area contributed by atoms with Gasteiger partial charge in [-0.25, -0.2) is 0 Å². The molecule has 0 heterocycles. The minimum absolute atomic E-state index is 0.557. The van der Waals surface area contributed by atoms with Gasteiger partial charge in [-0.3, -0.25) is 0 Å². The number of hydrogen-bond acceptors (Lipinski definition) is 4. The lowest BCUT2D eigenvalue weighted by molar-refractivity contribution is 0.414. The van der Waals surface area contributed by atoms with Gasteiger partial charge in [-0.15, -0.1) is 0 Å². The first-order valence-electron chi connectivity index (χ1n) is 9.23. The maximum atomic E-state index is 8.79. The Bertz CT molecular complexity index is 719. The number of aryl methyl sites for hydroxylation is 1. The van der Waals surface area contributed by atoms with Crippen LogP contribution in [0, 0.1) is 18.3 Å². The van der Waals surface area contributed by atoms with Crippen molar-refractivity contribution in [3.8, 4) is 11.8 Å². The van der Waals surface area contributed by atoms with Gasteiger partial charge < -0.3 is 15.0 Å². The topological polar surface area (TPSA) is 48.3 Å². The molecule has 0 amide bonds. The van der Waals surface area contributed by atoms with E-state index in [1.165, 1.54) is 22.4 Å². The van der Waals surface area contributed by atoms with Crippen LogP contribution in [0.3, 0.4) is 0 Å². The first-order chi connectivity index (χ1) is 12.7. The molecule has 4 nitrogen and oxygen atoms in total. The highest BCUT2D eigenvalue weighted by molar-refractivity contribution is 5.50. The van der Waals surface area contributed by atoms with Gasteiger partial charge in [0.25, 0.3) is 0 Å². The van der Waals surface area contributed by atoms with Crippen molar-refractivity contribution in [1.29, 1.82) is 5.26 Å². The van der Waals surface area contributed by atoms with Crippen LogP contribution in [0.4, 0.5) is 5.69 Å². The van der Waals surface area contributed by atoms with Crippen LogP contribution in [0.5, 0.6) is 5.75 Å². The molecular formula is C22H29N3O. The molecule has 2 rings (SSSR count). The van der Waals surface area contributed by atoms with Crippen LogP contribution in [-0.2, 0) is 13.0 Å². The predicted octanol–water partition coefficient (Wildman–Crippen LogP) is 4.08. The molecule has 0 aliphatic heterocycles. The predicted molar refractivity (Wildman–Crippen MR) is 108 cm³/mol. The maximum absolute atomic E-state index is 8.79. The number of ether oxygens (including phenoxy) is 1. The number of nitrogens with one attached hydrogen (secondary N) is 1. The van der Waals surface area contributed by atoms with Crippen LogP contribution >= 0.6 is 0 Å². The Kier molecular flexibility index (Phi) is 7.98. The smallest absolute Gasteiger partial charge is 0.118 e. The zero-order valence-corrected chi connectivity index (χ0v) is 16.1. The standard InChI is InChI=1S/C22H29N3O/c1-4-25(15-5-13-23)21-9-8-20(18(2)16-21)17-24-14-12-19-6-10-22(26-3)11-7-19/h6-11,16,24H,4-5,12,14-15,17H2,1-3H3. The summed E-state index contributed by atoms with van der Waals surface area (Å²) in [5.41, 5.74) is 5.11. The van der Waals surface area contributed by atoms with Gasteiger partial charge in [-0.1, -0.05) is 18.2 Å². The van der Waals surface area contributed by atoms with E-state index in [1.807, 2.05) is 12.1 Å². The molecule has 0 unspecified atom stereocenters. The number of methoxy groups -OCH3 is 1. The molecule has 26 heavy (non-hydrogen) atoms. The fourth-order valence-electron chi connectivity index (χ4n) is 2.98. The van der Waals surface area contributed by atoms with Gasteiger partial charge in [0, 0.05) is 25.3 Å². The Morgan fingerprint density at radius 3 is 2.54 bits per heavy atom. The summed E-state index contributed by atoms with van der Waals surface area (Å²) >= 11 is 0. The molecule has 0 saturated carbocycles. The Morgan fingerprint density at radius 2 is 1.92 bits per heavy atom. The van der Waals surface area contributed by atoms with Crippen LogP contribution in [-0.4, -0.2) is 26.7 Å². The SMILES string of the molecule is CCN(CCC#N)c1ccc(CNCCc2ccc(OC)cc2)c(C)c1. The molecule has 4 heteroatoms. The molecule has 0 aliphatic carbocycles. The van der Waals surface area contributed by atoms with Crippen LogP contribution < -0.4 is 15.0 Å². The molecule has 2 aromatic rings. The Hall–Kier alpha value is -2.51. The Labute approximate surface area is 157 Å². The zero-order valence-electron chi connectivity index (χ0n) is 16.1. The third-order valence-corrected chi connectivity index (χ3v) is 4.63. The lowest BCUT2D eigenvalue weighted by atomic mass is 10.1. The average molecular weight is 351 g/mol. The van der Waals surface area contributed by atoms with E-state index in [-0.39, 0.29) is 0 Å². The molecule has 0 bridgehead atoms. The summed E-state index contributed by atoms with van der Waals surface area (Å²) in [6.45, 7) is 7.79. The summed E-state index contributed by atoms with van der Waals surface area (Å²) in [5.74, 6) is 0.897. The van der Waals surface area contributed by atoms with Gasteiger partial charge in [0.1, 0.15) is 5.75 Å². The molecule has 0 aromatic heterocycles. The minimum Gasteiger partial charge on any atom is -0.497 e. The summed E-state index contributed by atoms with van der Waals surface area (Å²) in [5, 5.41) is 12.3. The third-order valence-electron chi connectivity index (χ3n) is 4.63. The van der Waals surface area contributed by atoms with E-state index < -0.39 is 0 Å². The molecule has 0 fully saturated rings. The number of anilines is 1. The quantitative estimate of drug-likeness (QED) is 0.655. The fraction of sp³-hybridized carbons (Fsp3) is 0.409. The number of nitrogens with zero attached hydrogens (tertiary/aromatic N) is 2. The summed E-state index contributed by atoms with van der Waals surface area (Å²) in [6, 6.07) is 17.0. The van der Waals surface area contributed by atoms with E-state index in [0.29, 0.717) is 6.42 Å². The third kappa shape index (κ3) is 5.79. The van der Waals surface area contributed by atoms with Gasteiger partial charge >= 0.3 is 0 Å². The van der Waals surface area contributed by atoms with Crippen LogP contribution in [0.25, 0.3) is 0 Å². The zero-order chi connectivity index (χ0) is 18.8. The monoisotopic (exact) mass is 351 g/mol. The molecule has 0 atom stereocenters. The van der Waals surface area contributed by atoms with E-state index >= 15 is 0 Å². The minimum atomic E-state index is 0.557. The Morgan fingerprint density at radius 1 is 1.15 bits per heavy atom. The molecule has 2 aromatic carbocycles. The largest absolute Gasteiger partial charge is 0.497 e. The van der Waals surface area contributed by atoms with Crippen LogP contribution in [0.15, 0.2) is 42.5 Å². The molecule has 138 valence electrons. The first kappa shape index (κ1) is 19.8. The van der Waals surface area contributed by atoms with E-state index in [0.717, 1.165) is 38.3 Å². The van der Waals surface area contributed by atoms with Crippen molar-refractivity contribution >= 4 is 5.69 Å². The van der Waals surface area contributed by atoms with Gasteiger partial charge in [0.2, 0.25) is 0 Å². The lowest BCUT2D eigenvalue weighted by Crippen LogP contribution is -2.24. The number of nitriles is 1. The van der Waals surface area contributed by atoms with Crippen molar-refractivity contribution in [3.05, 3.63) is 59.2 Å². The van der Waals surface area contributed by atoms with Crippen LogP contribution in [0.1, 0.15) is 30.0 Å². The van der Waals surface area contributed by atoms with Crippen LogP contribution in [0.2, 0.25) is 0 Å². The van der Waals surface area contributed by atoms with Crippen molar-refractivity contribution < 1.29 is 4.74 Å². The van der Waals surface area contributed by atoms with E-state index in [2.05, 4.69) is 60.5 Å². The highest BCUT2D eigenvalue weighted by atomic mass is 16.5. The summed E-state index contributed by atoms with van der Waals surface area (Å²) in [4.78, 5) is 2.25. The normalized spacial score (nSPS) is 10.4.